The lowest BCUT2D eigenvalue weighted by Gasteiger charge is -2.27. The van der Waals surface area contributed by atoms with Gasteiger partial charge in [-0.25, -0.2) is 0 Å². The molecule has 178 valence electrons. The molecule has 0 radical (unpaired) electrons. The number of halogens is 1. The molecule has 6 nitrogen and oxygen atoms in total. The molecular formula is C27H24BrN3O3S. The van der Waals surface area contributed by atoms with Crippen LogP contribution in [0.4, 0.5) is 5.69 Å². The average Bonchev–Trinajstić information content (AvgIpc) is 3.48. The number of thiocarbonyl (C=S) groups is 1. The molecule has 35 heavy (non-hydrogen) atoms. The van der Waals surface area contributed by atoms with Gasteiger partial charge in [-0.15, -0.1) is 0 Å². The lowest BCUT2D eigenvalue weighted by Crippen LogP contribution is -2.29. The molecule has 0 amide bonds. The highest BCUT2D eigenvalue weighted by atomic mass is 79.9. The molecule has 0 saturated carbocycles. The molecule has 2 unspecified atom stereocenters. The first-order chi connectivity index (χ1) is 17.0. The van der Waals surface area contributed by atoms with E-state index in [9.17, 15) is 0 Å². The zero-order valence-corrected chi connectivity index (χ0v) is 21.9. The summed E-state index contributed by atoms with van der Waals surface area (Å²) in [6, 6.07) is 21.2. The third-order valence-electron chi connectivity index (χ3n) is 6.05. The van der Waals surface area contributed by atoms with Gasteiger partial charge in [-0.05, 0) is 73.2 Å². The summed E-state index contributed by atoms with van der Waals surface area (Å²) < 4.78 is 18.6. The number of hydrogen-bond donors (Lipinski definition) is 1. The lowest BCUT2D eigenvalue weighted by molar-refractivity contribution is 0.392. The Hall–Kier alpha value is -3.36. The highest BCUT2D eigenvalue weighted by molar-refractivity contribution is 9.10. The van der Waals surface area contributed by atoms with Crippen LogP contribution in [-0.2, 0) is 0 Å². The zero-order valence-electron chi connectivity index (χ0n) is 19.5. The molecule has 0 spiro atoms. The van der Waals surface area contributed by atoms with E-state index < -0.39 is 0 Å². The molecule has 2 aromatic heterocycles. The van der Waals surface area contributed by atoms with Crippen molar-refractivity contribution in [1.82, 2.24) is 10.3 Å². The number of anilines is 1. The summed E-state index contributed by atoms with van der Waals surface area (Å²) in [4.78, 5) is 6.64. The number of ether oxygens (including phenoxy) is 2. The Morgan fingerprint density at radius 2 is 1.89 bits per heavy atom. The molecule has 2 aromatic carbocycles. The topological polar surface area (TPSA) is 59.8 Å². The third kappa shape index (κ3) is 4.39. The van der Waals surface area contributed by atoms with Gasteiger partial charge in [-0.3, -0.25) is 4.98 Å². The molecule has 4 aromatic rings. The van der Waals surface area contributed by atoms with E-state index in [-0.39, 0.29) is 12.1 Å². The molecule has 2 atom stereocenters. The molecule has 0 aliphatic carbocycles. The molecule has 5 rings (SSSR count). The van der Waals surface area contributed by atoms with Crippen LogP contribution in [0, 0.1) is 6.92 Å². The van der Waals surface area contributed by atoms with Crippen LogP contribution in [-0.4, -0.2) is 24.3 Å². The molecule has 1 fully saturated rings. The normalized spacial score (nSPS) is 17.4. The van der Waals surface area contributed by atoms with Crippen LogP contribution in [0.5, 0.6) is 11.5 Å². The first-order valence-corrected chi connectivity index (χ1v) is 12.3. The summed E-state index contributed by atoms with van der Waals surface area (Å²) in [5.41, 5.74) is 3.83. The minimum Gasteiger partial charge on any atom is -0.497 e. The maximum absolute atomic E-state index is 6.48. The molecule has 3 heterocycles. The van der Waals surface area contributed by atoms with Crippen LogP contribution in [0.3, 0.4) is 0 Å². The van der Waals surface area contributed by atoms with E-state index in [1.807, 2.05) is 53.4 Å². The van der Waals surface area contributed by atoms with Crippen LogP contribution in [0.1, 0.15) is 29.1 Å². The second-order valence-electron chi connectivity index (χ2n) is 8.22. The van der Waals surface area contributed by atoms with Crippen LogP contribution < -0.4 is 19.7 Å². The minimum atomic E-state index is -0.294. The van der Waals surface area contributed by atoms with Crippen LogP contribution >= 0.6 is 28.1 Å². The highest BCUT2D eigenvalue weighted by Gasteiger charge is 2.43. The van der Waals surface area contributed by atoms with Crippen molar-refractivity contribution >= 4 is 38.9 Å². The Labute approximate surface area is 218 Å². The van der Waals surface area contributed by atoms with Gasteiger partial charge < -0.3 is 24.1 Å². The van der Waals surface area contributed by atoms with E-state index in [0.29, 0.717) is 16.6 Å². The van der Waals surface area contributed by atoms with E-state index >= 15 is 0 Å². The first kappa shape index (κ1) is 23.4. The average molecular weight is 550 g/mol. The molecule has 1 N–H and O–H groups in total. The number of pyridine rings is 1. The van der Waals surface area contributed by atoms with E-state index in [4.69, 9.17) is 26.1 Å². The van der Waals surface area contributed by atoms with E-state index in [1.165, 1.54) is 5.56 Å². The van der Waals surface area contributed by atoms with E-state index in [1.54, 1.807) is 20.4 Å². The maximum Gasteiger partial charge on any atom is 0.174 e. The Balaban J connectivity index is 1.63. The number of aryl methyl sites for hydroxylation is 1. The monoisotopic (exact) mass is 549 g/mol. The summed E-state index contributed by atoms with van der Waals surface area (Å²) in [5.74, 6) is 2.87. The fourth-order valence-electron chi connectivity index (χ4n) is 4.36. The fraction of sp³-hybridized carbons (Fsp3) is 0.185. The van der Waals surface area contributed by atoms with Crippen molar-refractivity contribution in [2.75, 3.05) is 19.1 Å². The first-order valence-electron chi connectivity index (χ1n) is 11.1. The summed E-state index contributed by atoms with van der Waals surface area (Å²) in [6.45, 7) is 2.06. The Kier molecular flexibility index (Phi) is 6.49. The van der Waals surface area contributed by atoms with Gasteiger partial charge in [0.25, 0.3) is 0 Å². The van der Waals surface area contributed by atoms with Crippen LogP contribution in [0.2, 0.25) is 0 Å². The predicted octanol–water partition coefficient (Wildman–Crippen LogP) is 6.61. The summed E-state index contributed by atoms with van der Waals surface area (Å²) in [5, 5.41) is 4.01. The number of nitrogens with zero attached hydrogens (tertiary/aromatic N) is 2. The standard InChI is InChI=1S/C27H24BrN3O3S/c1-16-7-9-18(19(28)14-16)22-11-12-23(34-22)26-25(20-6-4-5-13-29-20)30-27(35)31(26)21-10-8-17(32-2)15-24(21)33-3/h4-15,25-26H,1-3H3,(H,30,35). The number of furan rings is 1. The largest absolute Gasteiger partial charge is 0.497 e. The Bertz CT molecular complexity index is 1380. The molecule has 8 heteroatoms. The summed E-state index contributed by atoms with van der Waals surface area (Å²) in [6.07, 6.45) is 1.78. The Morgan fingerprint density at radius 3 is 2.60 bits per heavy atom. The molecule has 1 aliphatic rings. The van der Waals surface area contributed by atoms with Crippen LogP contribution in [0.25, 0.3) is 11.3 Å². The molecular weight excluding hydrogens is 526 g/mol. The van der Waals surface area contributed by atoms with Crippen molar-refractivity contribution in [3.05, 3.63) is 94.4 Å². The van der Waals surface area contributed by atoms with Gasteiger partial charge in [0, 0.05) is 22.3 Å². The van der Waals surface area contributed by atoms with Crippen molar-refractivity contribution in [3.8, 4) is 22.8 Å². The molecule has 1 saturated heterocycles. The highest BCUT2D eigenvalue weighted by Crippen LogP contribution is 2.46. The second kappa shape index (κ2) is 9.71. The van der Waals surface area contributed by atoms with E-state index in [0.717, 1.165) is 32.9 Å². The van der Waals surface area contributed by atoms with Crippen molar-refractivity contribution in [1.29, 1.82) is 0 Å². The van der Waals surface area contributed by atoms with Gasteiger partial charge in [0.1, 0.15) is 29.1 Å². The number of nitrogens with one attached hydrogen (secondary N) is 1. The van der Waals surface area contributed by atoms with Crippen molar-refractivity contribution < 1.29 is 13.9 Å². The summed E-state index contributed by atoms with van der Waals surface area (Å²) in [7, 11) is 3.26. The fourth-order valence-corrected chi connectivity index (χ4v) is 5.39. The van der Waals surface area contributed by atoms with Gasteiger partial charge in [-0.1, -0.05) is 28.1 Å². The van der Waals surface area contributed by atoms with Gasteiger partial charge in [0.05, 0.1) is 31.6 Å². The third-order valence-corrected chi connectivity index (χ3v) is 7.02. The summed E-state index contributed by atoms with van der Waals surface area (Å²) >= 11 is 9.51. The minimum absolute atomic E-state index is 0.226. The van der Waals surface area contributed by atoms with Crippen molar-refractivity contribution in [3.63, 3.8) is 0 Å². The van der Waals surface area contributed by atoms with Crippen molar-refractivity contribution in [2.45, 2.75) is 19.0 Å². The SMILES string of the molecule is COc1ccc(N2C(=S)NC(c3ccccn3)C2c2ccc(-c3ccc(C)cc3Br)o2)c(OC)c1. The van der Waals surface area contributed by atoms with Gasteiger partial charge in [-0.2, -0.15) is 0 Å². The number of hydrogen-bond acceptors (Lipinski definition) is 5. The van der Waals surface area contributed by atoms with Gasteiger partial charge in [0.2, 0.25) is 0 Å². The zero-order chi connectivity index (χ0) is 24.5. The van der Waals surface area contributed by atoms with Crippen molar-refractivity contribution in [2.24, 2.45) is 0 Å². The number of methoxy groups -OCH3 is 2. The number of aromatic nitrogens is 1. The lowest BCUT2D eigenvalue weighted by atomic mass is 10.0. The smallest absolute Gasteiger partial charge is 0.174 e. The number of rotatable bonds is 6. The van der Waals surface area contributed by atoms with Crippen LogP contribution in [0.15, 0.2) is 81.8 Å². The quantitative estimate of drug-likeness (QED) is 0.271. The molecule has 1 aliphatic heterocycles. The second-order valence-corrected chi connectivity index (χ2v) is 9.46. The molecule has 0 bridgehead atoms. The van der Waals surface area contributed by atoms with Gasteiger partial charge >= 0.3 is 0 Å². The van der Waals surface area contributed by atoms with Gasteiger partial charge in [0.15, 0.2) is 5.11 Å². The number of benzene rings is 2. The van der Waals surface area contributed by atoms with E-state index in [2.05, 4.69) is 51.4 Å². The predicted molar refractivity (Wildman–Crippen MR) is 144 cm³/mol. The maximum atomic E-state index is 6.48. The Morgan fingerprint density at radius 1 is 1.03 bits per heavy atom.